The molecule has 3 heterocycles. The Morgan fingerprint density at radius 3 is 2.72 bits per heavy atom. The number of ether oxygens (including phenoxy) is 2. The van der Waals surface area contributed by atoms with Crippen LogP contribution < -0.4 is 9.47 Å². The molecule has 3 aromatic rings. The first-order valence-electron chi connectivity index (χ1n) is 10.8. The van der Waals surface area contributed by atoms with Gasteiger partial charge < -0.3 is 24.5 Å². The minimum Gasteiger partial charge on any atom is -0.507 e. The molecule has 5 rings (SSSR count). The molecule has 1 fully saturated rings. The average Bonchev–Trinajstić information content (AvgIpc) is 3.36. The number of likely N-dealkylation sites (tertiary alicyclic amines) is 1. The van der Waals surface area contributed by atoms with Crippen LogP contribution in [0.5, 0.6) is 11.5 Å². The molecule has 0 spiro atoms. The van der Waals surface area contributed by atoms with Gasteiger partial charge >= 0.3 is 0 Å². The summed E-state index contributed by atoms with van der Waals surface area (Å²) in [6.07, 6.45) is 3.29. The Morgan fingerprint density at radius 2 is 1.91 bits per heavy atom. The molecule has 7 nitrogen and oxygen atoms in total. The van der Waals surface area contributed by atoms with E-state index >= 15 is 0 Å². The lowest BCUT2D eigenvalue weighted by atomic mass is 9.94. The largest absolute Gasteiger partial charge is 0.507 e. The van der Waals surface area contributed by atoms with E-state index in [4.69, 9.17) is 9.47 Å². The van der Waals surface area contributed by atoms with Crippen molar-refractivity contribution in [1.82, 2.24) is 9.88 Å². The average molecular weight is 432 g/mol. The molecule has 32 heavy (non-hydrogen) atoms. The molecule has 2 aliphatic heterocycles. The Kier molecular flexibility index (Phi) is 5.09. The number of fused-ring (bicyclic) bond motifs is 2. The highest BCUT2D eigenvalue weighted by Crippen LogP contribution is 2.43. The van der Waals surface area contributed by atoms with Crippen molar-refractivity contribution in [1.29, 1.82) is 0 Å². The predicted molar refractivity (Wildman–Crippen MR) is 120 cm³/mol. The first kappa shape index (κ1) is 20.2. The van der Waals surface area contributed by atoms with E-state index in [0.29, 0.717) is 42.4 Å². The summed E-state index contributed by atoms with van der Waals surface area (Å²) in [4.78, 5) is 30.8. The third-order valence-corrected chi connectivity index (χ3v) is 6.02. The quantitative estimate of drug-likeness (QED) is 0.359. The van der Waals surface area contributed by atoms with Gasteiger partial charge in [-0.25, -0.2) is 0 Å². The summed E-state index contributed by atoms with van der Waals surface area (Å²) < 4.78 is 11.3. The smallest absolute Gasteiger partial charge is 0.295 e. The third kappa shape index (κ3) is 3.21. The van der Waals surface area contributed by atoms with Gasteiger partial charge in [0.2, 0.25) is 0 Å². The number of nitrogens with zero attached hydrogens (tertiary/aromatic N) is 1. The summed E-state index contributed by atoms with van der Waals surface area (Å²) in [7, 11) is 0. The second kappa shape index (κ2) is 8.07. The predicted octanol–water partition coefficient (Wildman–Crippen LogP) is 4.16. The molecule has 1 saturated heterocycles. The lowest BCUT2D eigenvalue weighted by Gasteiger charge is -2.26. The highest BCUT2D eigenvalue weighted by atomic mass is 16.6. The molecule has 2 N–H and O–H groups in total. The summed E-state index contributed by atoms with van der Waals surface area (Å²) in [6, 6.07) is 12.2. The maximum absolute atomic E-state index is 13.1. The topological polar surface area (TPSA) is 91.9 Å². The molecule has 1 atom stereocenters. The van der Waals surface area contributed by atoms with Gasteiger partial charge in [-0.1, -0.05) is 37.6 Å². The fraction of sp³-hybridized carbons (Fsp3) is 0.280. The van der Waals surface area contributed by atoms with Crippen molar-refractivity contribution in [2.45, 2.75) is 25.8 Å². The minimum absolute atomic E-state index is 0.0903. The number of para-hydroxylation sites is 1. The van der Waals surface area contributed by atoms with Gasteiger partial charge in [0.15, 0.2) is 11.5 Å². The van der Waals surface area contributed by atoms with Gasteiger partial charge in [0, 0.05) is 29.2 Å². The number of aliphatic hydroxyl groups excluding tert-OH is 1. The second-order valence-electron chi connectivity index (χ2n) is 8.00. The number of H-pyrrole nitrogens is 1. The highest BCUT2D eigenvalue weighted by molar-refractivity contribution is 6.46. The van der Waals surface area contributed by atoms with Crippen LogP contribution in [-0.2, 0) is 9.59 Å². The first-order chi connectivity index (χ1) is 15.6. The van der Waals surface area contributed by atoms with Crippen molar-refractivity contribution in [2.24, 2.45) is 0 Å². The molecule has 0 saturated carbocycles. The van der Waals surface area contributed by atoms with Crippen LogP contribution in [0.3, 0.4) is 0 Å². The molecule has 0 bridgehead atoms. The van der Waals surface area contributed by atoms with Gasteiger partial charge in [0.25, 0.3) is 11.7 Å². The van der Waals surface area contributed by atoms with E-state index in [1.165, 1.54) is 0 Å². The van der Waals surface area contributed by atoms with Gasteiger partial charge in [-0.15, -0.1) is 0 Å². The number of nitrogens with one attached hydrogen (secondary N) is 1. The summed E-state index contributed by atoms with van der Waals surface area (Å²) in [5.41, 5.74) is 2.13. The number of rotatable bonds is 5. The zero-order valence-electron chi connectivity index (χ0n) is 17.8. The van der Waals surface area contributed by atoms with Gasteiger partial charge in [0.05, 0.1) is 11.6 Å². The van der Waals surface area contributed by atoms with Gasteiger partial charge in [-0.2, -0.15) is 0 Å². The number of hydrogen-bond donors (Lipinski definition) is 2. The Labute approximate surface area is 185 Å². The van der Waals surface area contributed by atoms with Gasteiger partial charge in [0.1, 0.15) is 19.0 Å². The van der Waals surface area contributed by atoms with Crippen LogP contribution in [0.25, 0.3) is 16.7 Å². The highest BCUT2D eigenvalue weighted by Gasteiger charge is 2.46. The number of aromatic amines is 1. The molecule has 164 valence electrons. The fourth-order valence-corrected chi connectivity index (χ4v) is 4.43. The first-order valence-corrected chi connectivity index (χ1v) is 10.8. The molecule has 1 amide bonds. The van der Waals surface area contributed by atoms with E-state index in [1.54, 1.807) is 23.2 Å². The van der Waals surface area contributed by atoms with E-state index in [1.807, 2.05) is 37.3 Å². The Balaban J connectivity index is 1.68. The van der Waals surface area contributed by atoms with Crippen molar-refractivity contribution < 1.29 is 24.2 Å². The third-order valence-electron chi connectivity index (χ3n) is 6.02. The van der Waals surface area contributed by atoms with E-state index in [9.17, 15) is 14.7 Å². The monoisotopic (exact) mass is 432 g/mol. The summed E-state index contributed by atoms with van der Waals surface area (Å²) >= 11 is 0. The van der Waals surface area contributed by atoms with Crippen molar-refractivity contribution in [3.05, 3.63) is 65.4 Å². The van der Waals surface area contributed by atoms with Crippen LogP contribution in [0, 0.1) is 0 Å². The number of aliphatic hydroxyl groups is 1. The Morgan fingerprint density at radius 1 is 1.12 bits per heavy atom. The maximum Gasteiger partial charge on any atom is 0.295 e. The number of amides is 1. The van der Waals surface area contributed by atoms with Crippen LogP contribution in [0.4, 0.5) is 0 Å². The number of ketones is 1. The maximum atomic E-state index is 13.1. The van der Waals surface area contributed by atoms with Gasteiger partial charge in [-0.05, 0) is 30.2 Å². The number of Topliss-reactive ketones (excluding diaryl/α,β-unsaturated/α-hetero) is 1. The van der Waals surface area contributed by atoms with E-state index in [0.717, 1.165) is 23.7 Å². The molecule has 1 unspecified atom stereocenters. The molecule has 0 radical (unpaired) electrons. The SMILES string of the molecule is CCCCN1C(=O)C(=O)/C(=C(\O)c2c[nH]c3ccccc23)C1c1ccc2c(c1)OCCO2. The van der Waals surface area contributed by atoms with Crippen molar-refractivity contribution in [2.75, 3.05) is 19.8 Å². The number of carbonyl (C=O) groups excluding carboxylic acids is 2. The number of unbranched alkanes of at least 4 members (excludes halogenated alkanes) is 1. The Bertz CT molecular complexity index is 1240. The fourth-order valence-electron chi connectivity index (χ4n) is 4.43. The zero-order chi connectivity index (χ0) is 22.2. The molecule has 2 aliphatic rings. The van der Waals surface area contributed by atoms with Crippen molar-refractivity contribution >= 4 is 28.4 Å². The summed E-state index contributed by atoms with van der Waals surface area (Å²) in [5.74, 6) is -0.257. The lowest BCUT2D eigenvalue weighted by molar-refractivity contribution is -0.139. The molecule has 0 aliphatic carbocycles. The van der Waals surface area contributed by atoms with Crippen molar-refractivity contribution in [3.63, 3.8) is 0 Å². The van der Waals surface area contributed by atoms with Crippen LogP contribution in [-0.4, -0.2) is 46.4 Å². The van der Waals surface area contributed by atoms with Crippen LogP contribution in [0.2, 0.25) is 0 Å². The van der Waals surface area contributed by atoms with E-state index in [2.05, 4.69) is 4.98 Å². The minimum atomic E-state index is -0.703. The van der Waals surface area contributed by atoms with Crippen LogP contribution >= 0.6 is 0 Å². The summed E-state index contributed by atoms with van der Waals surface area (Å²) in [5, 5.41) is 12.1. The summed E-state index contributed by atoms with van der Waals surface area (Å²) in [6.45, 7) is 3.36. The number of aromatic nitrogens is 1. The van der Waals surface area contributed by atoms with E-state index in [-0.39, 0.29) is 11.3 Å². The van der Waals surface area contributed by atoms with Crippen LogP contribution in [0.15, 0.2) is 54.2 Å². The van der Waals surface area contributed by atoms with Crippen LogP contribution in [0.1, 0.15) is 36.9 Å². The molecule has 2 aromatic carbocycles. The van der Waals surface area contributed by atoms with E-state index < -0.39 is 17.7 Å². The molecular formula is C25H24N2O5. The Hall–Kier alpha value is -3.74. The molecular weight excluding hydrogens is 408 g/mol. The number of carbonyl (C=O) groups is 2. The molecule has 7 heteroatoms. The standard InChI is InChI=1S/C25H24N2O5/c1-2-3-10-27-22(15-8-9-19-20(13-15)32-12-11-31-19)21(24(29)25(27)30)23(28)17-14-26-18-7-5-4-6-16(17)18/h4-9,13-14,22,26,28H,2-3,10-12H2,1H3/b23-21-. The zero-order valence-corrected chi connectivity index (χ0v) is 17.8. The number of hydrogen-bond acceptors (Lipinski definition) is 5. The lowest BCUT2D eigenvalue weighted by Crippen LogP contribution is -2.30. The van der Waals surface area contributed by atoms with Gasteiger partial charge in [-0.3, -0.25) is 9.59 Å². The second-order valence-corrected chi connectivity index (χ2v) is 8.00. The molecule has 1 aromatic heterocycles. The number of benzene rings is 2. The normalized spacial score (nSPS) is 19.7. The van der Waals surface area contributed by atoms with Crippen molar-refractivity contribution in [3.8, 4) is 11.5 Å².